The van der Waals surface area contributed by atoms with Crippen molar-refractivity contribution in [2.24, 2.45) is 0 Å². The molecule has 6 nitrogen and oxygen atoms in total. The zero-order valence-corrected chi connectivity index (χ0v) is 10.9. The van der Waals surface area contributed by atoms with Crippen LogP contribution in [0.4, 0.5) is 4.79 Å². The summed E-state index contributed by atoms with van der Waals surface area (Å²) in [6.45, 7) is 0. The second kappa shape index (κ2) is 7.49. The molecule has 1 aliphatic rings. The smallest absolute Gasteiger partial charge is 0.429 e. The van der Waals surface area contributed by atoms with Crippen molar-refractivity contribution < 1.29 is 29.1 Å². The molecule has 6 heteroatoms. The van der Waals surface area contributed by atoms with Gasteiger partial charge in [0.2, 0.25) is 0 Å². The fourth-order valence-electron chi connectivity index (χ4n) is 2.04. The lowest BCUT2D eigenvalue weighted by Gasteiger charge is -2.20. The van der Waals surface area contributed by atoms with Gasteiger partial charge in [0, 0.05) is 0 Å². The molecule has 1 aromatic carbocycles. The third-order valence-electron chi connectivity index (χ3n) is 3.04. The van der Waals surface area contributed by atoms with Gasteiger partial charge in [0.05, 0.1) is 10.6 Å². The van der Waals surface area contributed by atoms with Gasteiger partial charge in [-0.05, 0) is 37.8 Å². The number of ether oxygens (including phenoxy) is 1. The summed E-state index contributed by atoms with van der Waals surface area (Å²) in [6, 6.07) is 8.21. The highest BCUT2D eigenvalue weighted by Gasteiger charge is 2.20. The van der Waals surface area contributed by atoms with Crippen LogP contribution in [0.3, 0.4) is 0 Å². The lowest BCUT2D eigenvalue weighted by Crippen LogP contribution is -2.22. The van der Waals surface area contributed by atoms with Gasteiger partial charge in [0.1, 0.15) is 6.10 Å². The number of carbonyl (C=O) groups is 2. The minimum Gasteiger partial charge on any atom is -0.429 e. The Labute approximate surface area is 116 Å². The van der Waals surface area contributed by atoms with Gasteiger partial charge in [0.15, 0.2) is 0 Å². The Bertz CT molecular complexity index is 438. The van der Waals surface area contributed by atoms with Crippen molar-refractivity contribution in [3.8, 4) is 0 Å². The molecule has 1 aromatic rings. The van der Waals surface area contributed by atoms with Crippen molar-refractivity contribution in [1.29, 1.82) is 0 Å². The quantitative estimate of drug-likeness (QED) is 0.479. The van der Waals surface area contributed by atoms with Gasteiger partial charge in [-0.15, -0.1) is 0 Å². The highest BCUT2D eigenvalue weighted by molar-refractivity contribution is 5.88. The van der Waals surface area contributed by atoms with E-state index in [1.165, 1.54) is 0 Å². The maximum absolute atomic E-state index is 11.4. The summed E-state index contributed by atoms with van der Waals surface area (Å²) in [6.07, 6.45) is 3.70. The molecule has 20 heavy (non-hydrogen) atoms. The van der Waals surface area contributed by atoms with E-state index in [9.17, 15) is 9.59 Å². The monoisotopic (exact) mass is 280 g/mol. The third kappa shape index (κ3) is 4.55. The van der Waals surface area contributed by atoms with Crippen LogP contribution in [0.5, 0.6) is 0 Å². The molecule has 0 spiro atoms. The predicted molar refractivity (Wildman–Crippen MR) is 67.4 cm³/mol. The van der Waals surface area contributed by atoms with Crippen molar-refractivity contribution in [3.05, 3.63) is 35.9 Å². The fourth-order valence-corrected chi connectivity index (χ4v) is 2.04. The SMILES string of the molecule is O=C(OOOC(=O)c1ccccc1)OC1CCCCC1. The Kier molecular flexibility index (Phi) is 5.37. The number of carbonyl (C=O) groups excluding carboxylic acids is 2. The molecule has 0 heterocycles. The molecule has 0 bridgehead atoms. The number of rotatable bonds is 4. The number of hydrogen-bond acceptors (Lipinski definition) is 6. The summed E-state index contributed by atoms with van der Waals surface area (Å²) in [5, 5.41) is 4.13. The van der Waals surface area contributed by atoms with Crippen LogP contribution in [0.1, 0.15) is 42.5 Å². The summed E-state index contributed by atoms with van der Waals surface area (Å²) in [4.78, 5) is 31.3. The van der Waals surface area contributed by atoms with Crippen LogP contribution in [-0.4, -0.2) is 18.2 Å². The van der Waals surface area contributed by atoms with Crippen LogP contribution >= 0.6 is 0 Å². The molecule has 0 aliphatic heterocycles. The molecule has 0 unspecified atom stereocenters. The van der Waals surface area contributed by atoms with E-state index < -0.39 is 12.1 Å². The average Bonchev–Trinajstić information content (AvgIpc) is 2.49. The first-order chi connectivity index (χ1) is 9.75. The van der Waals surface area contributed by atoms with Gasteiger partial charge >= 0.3 is 12.1 Å². The first-order valence-electron chi connectivity index (χ1n) is 6.57. The van der Waals surface area contributed by atoms with Crippen LogP contribution in [0.15, 0.2) is 30.3 Å². The molecule has 108 valence electrons. The summed E-state index contributed by atoms with van der Waals surface area (Å²) < 4.78 is 5.00. The molecule has 0 amide bonds. The minimum absolute atomic E-state index is 0.148. The van der Waals surface area contributed by atoms with E-state index in [-0.39, 0.29) is 11.7 Å². The van der Waals surface area contributed by atoms with Crippen LogP contribution in [0, 0.1) is 0 Å². The molecule has 1 saturated carbocycles. The van der Waals surface area contributed by atoms with Crippen LogP contribution < -0.4 is 0 Å². The molecule has 0 atom stereocenters. The number of benzene rings is 1. The molecule has 1 aliphatic carbocycles. The largest absolute Gasteiger partial charge is 0.543 e. The molecule has 0 aromatic heterocycles. The summed E-state index contributed by atoms with van der Waals surface area (Å²) in [5.41, 5.74) is 0.289. The van der Waals surface area contributed by atoms with Gasteiger partial charge in [-0.3, -0.25) is 4.89 Å². The summed E-state index contributed by atoms with van der Waals surface area (Å²) >= 11 is 0. The van der Waals surface area contributed by atoms with E-state index >= 15 is 0 Å². The van der Waals surface area contributed by atoms with E-state index in [0.29, 0.717) is 0 Å². The summed E-state index contributed by atoms with van der Waals surface area (Å²) in [5.74, 6) is -0.754. The lowest BCUT2D eigenvalue weighted by atomic mass is 9.98. The second-order valence-corrected chi connectivity index (χ2v) is 4.52. The van der Waals surface area contributed by atoms with Crippen LogP contribution in [0.2, 0.25) is 0 Å². The van der Waals surface area contributed by atoms with E-state index in [4.69, 9.17) is 4.74 Å². The molecule has 0 N–H and O–H groups in total. The Morgan fingerprint density at radius 2 is 1.65 bits per heavy atom. The average molecular weight is 280 g/mol. The standard InChI is InChI=1S/C14H16O6/c15-13(11-7-3-1-4-8-11)18-20-19-14(16)17-12-9-5-2-6-10-12/h1,3-4,7-8,12H,2,5-6,9-10H2. The van der Waals surface area contributed by atoms with Gasteiger partial charge in [0.25, 0.3) is 0 Å². The highest BCUT2D eigenvalue weighted by atomic mass is 17.5. The third-order valence-corrected chi connectivity index (χ3v) is 3.04. The Morgan fingerprint density at radius 3 is 2.35 bits per heavy atom. The molecule has 0 radical (unpaired) electrons. The number of hydrogen-bond donors (Lipinski definition) is 0. The maximum atomic E-state index is 11.4. The van der Waals surface area contributed by atoms with Crippen molar-refractivity contribution in [2.45, 2.75) is 38.2 Å². The summed E-state index contributed by atoms with van der Waals surface area (Å²) in [7, 11) is 0. The highest BCUT2D eigenvalue weighted by Crippen LogP contribution is 2.20. The van der Waals surface area contributed by atoms with Crippen LogP contribution in [0.25, 0.3) is 0 Å². The van der Waals surface area contributed by atoms with Gasteiger partial charge < -0.3 is 4.74 Å². The molecule has 2 rings (SSSR count). The maximum Gasteiger partial charge on any atom is 0.543 e. The van der Waals surface area contributed by atoms with Crippen LogP contribution in [-0.2, 0) is 19.6 Å². The van der Waals surface area contributed by atoms with E-state index in [2.05, 4.69) is 14.8 Å². The van der Waals surface area contributed by atoms with Crippen molar-refractivity contribution >= 4 is 12.1 Å². The minimum atomic E-state index is -1.00. The zero-order chi connectivity index (χ0) is 14.2. The molecule has 1 fully saturated rings. The zero-order valence-electron chi connectivity index (χ0n) is 10.9. The molecular formula is C14H16O6. The predicted octanol–water partition coefficient (Wildman–Crippen LogP) is 3.18. The molecular weight excluding hydrogens is 264 g/mol. The first kappa shape index (κ1) is 14.3. The van der Waals surface area contributed by atoms with Gasteiger partial charge in [-0.2, -0.15) is 0 Å². The normalized spacial score (nSPS) is 15.4. The van der Waals surface area contributed by atoms with Crippen molar-refractivity contribution in [2.75, 3.05) is 0 Å². The molecule has 0 saturated heterocycles. The van der Waals surface area contributed by atoms with E-state index in [1.807, 2.05) is 0 Å². The van der Waals surface area contributed by atoms with E-state index in [1.54, 1.807) is 30.3 Å². The van der Waals surface area contributed by atoms with Gasteiger partial charge in [-0.25, -0.2) is 14.5 Å². The Balaban J connectivity index is 1.65. The van der Waals surface area contributed by atoms with Crippen molar-refractivity contribution in [3.63, 3.8) is 0 Å². The Morgan fingerprint density at radius 1 is 0.950 bits per heavy atom. The van der Waals surface area contributed by atoms with E-state index in [0.717, 1.165) is 32.1 Å². The Hall–Kier alpha value is -2.08. The fraction of sp³-hybridized carbons (Fsp3) is 0.429. The topological polar surface area (TPSA) is 71.1 Å². The second-order valence-electron chi connectivity index (χ2n) is 4.52. The van der Waals surface area contributed by atoms with Crippen molar-refractivity contribution in [1.82, 2.24) is 0 Å². The first-order valence-corrected chi connectivity index (χ1v) is 6.57. The lowest BCUT2D eigenvalue weighted by molar-refractivity contribution is -0.453. The van der Waals surface area contributed by atoms with Gasteiger partial charge in [-0.1, -0.05) is 24.6 Å².